The molecule has 6 heteroatoms. The van der Waals surface area contributed by atoms with Crippen molar-refractivity contribution in [1.29, 1.82) is 0 Å². The van der Waals surface area contributed by atoms with E-state index in [2.05, 4.69) is 15.5 Å². The maximum atomic E-state index is 11.8. The maximum Gasteiger partial charge on any atom is 0.220 e. The second kappa shape index (κ2) is 10.8. The summed E-state index contributed by atoms with van der Waals surface area (Å²) in [4.78, 5) is 25.4. The third kappa shape index (κ3) is 7.67. The summed E-state index contributed by atoms with van der Waals surface area (Å²) < 4.78 is 5.59. The number of hydrogen-bond donors (Lipinski definition) is 2. The fourth-order valence-corrected chi connectivity index (χ4v) is 2.76. The van der Waals surface area contributed by atoms with E-state index in [1.54, 1.807) is 24.3 Å². The van der Waals surface area contributed by atoms with Gasteiger partial charge in [0, 0.05) is 44.7 Å². The van der Waals surface area contributed by atoms with E-state index in [0.717, 1.165) is 51.4 Å². The third-order valence-electron chi connectivity index (χ3n) is 4.26. The Kier molecular flexibility index (Phi) is 8.42. The van der Waals surface area contributed by atoms with Gasteiger partial charge in [-0.2, -0.15) is 0 Å². The van der Waals surface area contributed by atoms with E-state index < -0.39 is 0 Å². The van der Waals surface area contributed by atoms with E-state index in [0.29, 0.717) is 25.0 Å². The Bertz CT molecular complexity index is 539. The molecule has 2 rings (SSSR count). The quantitative estimate of drug-likeness (QED) is 0.495. The van der Waals surface area contributed by atoms with Crippen LogP contribution in [0.25, 0.3) is 0 Å². The zero-order chi connectivity index (χ0) is 17.9. The van der Waals surface area contributed by atoms with Crippen LogP contribution in [0.3, 0.4) is 0 Å². The predicted octanol–water partition coefficient (Wildman–Crippen LogP) is 1.46. The monoisotopic (exact) mass is 347 g/mol. The van der Waals surface area contributed by atoms with E-state index in [9.17, 15) is 9.59 Å². The van der Waals surface area contributed by atoms with Crippen LogP contribution < -0.4 is 15.4 Å². The predicted molar refractivity (Wildman–Crippen MR) is 98.1 cm³/mol. The Labute approximate surface area is 149 Å². The van der Waals surface area contributed by atoms with E-state index >= 15 is 0 Å². The summed E-state index contributed by atoms with van der Waals surface area (Å²) in [6.07, 6.45) is 2.14. The second-order valence-corrected chi connectivity index (χ2v) is 6.33. The summed E-state index contributed by atoms with van der Waals surface area (Å²) in [7, 11) is 0. The Morgan fingerprint density at radius 1 is 1.16 bits per heavy atom. The molecule has 1 amide bonds. The number of nitrogens with zero attached hydrogens (tertiary/aromatic N) is 1. The molecule has 1 fully saturated rings. The molecule has 0 unspecified atom stereocenters. The Morgan fingerprint density at radius 2 is 1.88 bits per heavy atom. The van der Waals surface area contributed by atoms with E-state index in [4.69, 9.17) is 4.74 Å². The van der Waals surface area contributed by atoms with Crippen LogP contribution >= 0.6 is 0 Å². The van der Waals surface area contributed by atoms with Gasteiger partial charge in [-0.25, -0.2) is 0 Å². The number of amides is 1. The number of nitrogens with one attached hydrogen (secondary N) is 2. The van der Waals surface area contributed by atoms with E-state index in [-0.39, 0.29) is 11.7 Å². The van der Waals surface area contributed by atoms with Crippen molar-refractivity contribution < 1.29 is 14.3 Å². The highest BCUT2D eigenvalue weighted by Gasteiger charge is 2.08. The fourth-order valence-electron chi connectivity index (χ4n) is 2.76. The van der Waals surface area contributed by atoms with Gasteiger partial charge in [0.2, 0.25) is 5.91 Å². The van der Waals surface area contributed by atoms with Crippen molar-refractivity contribution in [2.75, 3.05) is 45.9 Å². The number of ether oxygens (including phenoxy) is 1. The molecular formula is C19H29N3O3. The summed E-state index contributed by atoms with van der Waals surface area (Å²) in [5.74, 6) is 0.845. The number of benzene rings is 1. The molecule has 1 heterocycles. The average Bonchev–Trinajstić information content (AvgIpc) is 2.63. The molecule has 0 radical (unpaired) electrons. The third-order valence-corrected chi connectivity index (χ3v) is 4.26. The van der Waals surface area contributed by atoms with Gasteiger partial charge in [0.05, 0.1) is 6.61 Å². The molecule has 0 saturated carbocycles. The lowest BCUT2D eigenvalue weighted by molar-refractivity contribution is -0.121. The maximum absolute atomic E-state index is 11.8. The normalized spacial score (nSPS) is 14.9. The van der Waals surface area contributed by atoms with Crippen LogP contribution in [0.4, 0.5) is 0 Å². The fraction of sp³-hybridized carbons (Fsp3) is 0.579. The number of hydrogen-bond acceptors (Lipinski definition) is 5. The van der Waals surface area contributed by atoms with Crippen molar-refractivity contribution in [3.63, 3.8) is 0 Å². The molecule has 1 saturated heterocycles. The van der Waals surface area contributed by atoms with Crippen molar-refractivity contribution in [3.05, 3.63) is 29.8 Å². The molecule has 0 spiro atoms. The molecule has 0 atom stereocenters. The van der Waals surface area contributed by atoms with Gasteiger partial charge < -0.3 is 20.3 Å². The lowest BCUT2D eigenvalue weighted by Gasteiger charge is -2.27. The van der Waals surface area contributed by atoms with E-state index in [1.807, 2.05) is 0 Å². The van der Waals surface area contributed by atoms with Crippen LogP contribution in [0.2, 0.25) is 0 Å². The van der Waals surface area contributed by atoms with Gasteiger partial charge in [0.15, 0.2) is 5.78 Å². The molecule has 6 nitrogen and oxygen atoms in total. The second-order valence-electron chi connectivity index (χ2n) is 6.33. The molecule has 138 valence electrons. The number of carbonyl (C=O) groups is 2. The van der Waals surface area contributed by atoms with Crippen molar-refractivity contribution in [2.24, 2.45) is 0 Å². The first-order chi connectivity index (χ1) is 12.1. The molecule has 2 N–H and O–H groups in total. The number of rotatable bonds is 10. The molecule has 0 bridgehead atoms. The summed E-state index contributed by atoms with van der Waals surface area (Å²) >= 11 is 0. The Hall–Kier alpha value is -1.92. The zero-order valence-corrected chi connectivity index (χ0v) is 15.1. The van der Waals surface area contributed by atoms with Crippen LogP contribution in [0.1, 0.15) is 36.5 Å². The number of piperazine rings is 1. The first-order valence-electron chi connectivity index (χ1n) is 9.09. The minimum Gasteiger partial charge on any atom is -0.494 e. The van der Waals surface area contributed by atoms with Gasteiger partial charge in [-0.1, -0.05) is 0 Å². The molecule has 25 heavy (non-hydrogen) atoms. The Morgan fingerprint density at radius 3 is 2.56 bits per heavy atom. The summed E-state index contributed by atoms with van der Waals surface area (Å²) in [6.45, 7) is 8.12. The van der Waals surface area contributed by atoms with Crippen molar-refractivity contribution >= 4 is 11.7 Å². The van der Waals surface area contributed by atoms with Crippen molar-refractivity contribution in [2.45, 2.75) is 26.2 Å². The zero-order valence-electron chi connectivity index (χ0n) is 15.1. The summed E-state index contributed by atoms with van der Waals surface area (Å²) in [6, 6.07) is 7.07. The SMILES string of the molecule is CC(=O)c1ccc(OCCCC(=O)NCCCN2CCNCC2)cc1. The van der Waals surface area contributed by atoms with Crippen LogP contribution in [-0.4, -0.2) is 62.5 Å². The lowest BCUT2D eigenvalue weighted by Crippen LogP contribution is -2.44. The van der Waals surface area contributed by atoms with E-state index in [1.165, 1.54) is 6.92 Å². The van der Waals surface area contributed by atoms with Crippen LogP contribution in [-0.2, 0) is 4.79 Å². The number of ketones is 1. The van der Waals surface area contributed by atoms with Crippen molar-refractivity contribution in [3.8, 4) is 5.75 Å². The first kappa shape index (κ1) is 19.4. The molecular weight excluding hydrogens is 318 g/mol. The number of Topliss-reactive ketones (excluding diaryl/α,β-unsaturated/α-hetero) is 1. The largest absolute Gasteiger partial charge is 0.494 e. The lowest BCUT2D eigenvalue weighted by atomic mass is 10.1. The topological polar surface area (TPSA) is 70.7 Å². The molecule has 1 aromatic rings. The Balaban J connectivity index is 1.49. The molecule has 0 aromatic heterocycles. The molecule has 1 aromatic carbocycles. The van der Waals surface area contributed by atoms with Gasteiger partial charge in [0.1, 0.15) is 5.75 Å². The van der Waals surface area contributed by atoms with Gasteiger partial charge in [0.25, 0.3) is 0 Å². The molecule has 1 aliphatic heterocycles. The smallest absolute Gasteiger partial charge is 0.220 e. The van der Waals surface area contributed by atoms with Crippen LogP contribution in [0.15, 0.2) is 24.3 Å². The van der Waals surface area contributed by atoms with Gasteiger partial charge >= 0.3 is 0 Å². The number of carbonyl (C=O) groups excluding carboxylic acids is 2. The standard InChI is InChI=1S/C19H29N3O3/c1-16(23)17-5-7-18(8-6-17)25-15-2-4-19(24)21-9-3-12-22-13-10-20-11-14-22/h5-8,20H,2-4,9-15H2,1H3,(H,21,24). The molecule has 0 aliphatic carbocycles. The van der Waals surface area contributed by atoms with Crippen molar-refractivity contribution in [1.82, 2.24) is 15.5 Å². The van der Waals surface area contributed by atoms with Crippen LogP contribution in [0, 0.1) is 0 Å². The molecule has 1 aliphatic rings. The average molecular weight is 347 g/mol. The first-order valence-corrected chi connectivity index (χ1v) is 9.09. The minimum atomic E-state index is 0.0418. The summed E-state index contributed by atoms with van der Waals surface area (Å²) in [5.41, 5.74) is 0.674. The van der Waals surface area contributed by atoms with Gasteiger partial charge in [-0.3, -0.25) is 9.59 Å². The van der Waals surface area contributed by atoms with Crippen LogP contribution in [0.5, 0.6) is 5.75 Å². The minimum absolute atomic E-state index is 0.0418. The highest BCUT2D eigenvalue weighted by atomic mass is 16.5. The highest BCUT2D eigenvalue weighted by Crippen LogP contribution is 2.13. The van der Waals surface area contributed by atoms with Gasteiger partial charge in [-0.05, 0) is 50.6 Å². The van der Waals surface area contributed by atoms with Gasteiger partial charge in [-0.15, -0.1) is 0 Å². The highest BCUT2D eigenvalue weighted by molar-refractivity contribution is 5.94. The summed E-state index contributed by atoms with van der Waals surface area (Å²) in [5, 5.41) is 6.30.